The number of rotatable bonds is 4. The molecule has 1 unspecified atom stereocenters. The van der Waals surface area contributed by atoms with Gasteiger partial charge in [0.15, 0.2) is 0 Å². The molecule has 90 valence electrons. The lowest BCUT2D eigenvalue weighted by Crippen LogP contribution is -2.38. The van der Waals surface area contributed by atoms with Crippen LogP contribution in [0.25, 0.3) is 0 Å². The third-order valence-corrected chi connectivity index (χ3v) is 2.39. The van der Waals surface area contributed by atoms with Gasteiger partial charge in [-0.05, 0) is 32.9 Å². The van der Waals surface area contributed by atoms with E-state index in [1.807, 2.05) is 38.1 Å². The number of carbonyl (C=O) groups is 1. The first-order valence-corrected chi connectivity index (χ1v) is 5.64. The number of carbonyl (C=O) groups excluding carboxylic acids is 1. The number of nitrogens with one attached hydrogen (secondary N) is 2. The van der Waals surface area contributed by atoms with Crippen LogP contribution >= 0.6 is 0 Å². The zero-order valence-electron chi connectivity index (χ0n) is 10.5. The first-order valence-electron chi connectivity index (χ1n) is 5.64. The van der Waals surface area contributed by atoms with Crippen molar-refractivity contribution in [1.29, 1.82) is 0 Å². The molecule has 0 aliphatic heterocycles. The lowest BCUT2D eigenvalue weighted by atomic mass is 10.2. The molecule has 0 saturated heterocycles. The van der Waals surface area contributed by atoms with Crippen molar-refractivity contribution in [3.8, 4) is 11.8 Å². The average Bonchev–Trinajstić information content (AvgIpc) is 2.32. The minimum atomic E-state index is -0.253. The Morgan fingerprint density at radius 1 is 1.35 bits per heavy atom. The van der Waals surface area contributed by atoms with E-state index in [1.165, 1.54) is 5.56 Å². The molecule has 3 heteroatoms. The topological polar surface area (TPSA) is 41.1 Å². The summed E-state index contributed by atoms with van der Waals surface area (Å²) in [7, 11) is 0. The molecular formula is C14H18N2O. The molecule has 0 aliphatic rings. The predicted octanol–water partition coefficient (Wildman–Crippen LogP) is 1.93. The van der Waals surface area contributed by atoms with Gasteiger partial charge in [0.1, 0.15) is 0 Å². The van der Waals surface area contributed by atoms with Crippen molar-refractivity contribution < 1.29 is 4.79 Å². The molecule has 3 nitrogen and oxygen atoms in total. The molecule has 1 rings (SSSR count). The van der Waals surface area contributed by atoms with Crippen molar-refractivity contribution in [2.75, 3.05) is 11.9 Å². The Morgan fingerprint density at radius 3 is 2.59 bits per heavy atom. The smallest absolute Gasteiger partial charge is 0.241 e. The standard InChI is InChI=1S/C14H18N2O/c1-4-5-10-15-12(3)14(17)16-13-8-6-11(2)7-9-13/h6-9,12,15H,10H2,1-3H3,(H,16,17). The molecule has 1 aromatic rings. The van der Waals surface area contributed by atoms with Crippen molar-refractivity contribution in [2.45, 2.75) is 26.8 Å². The fourth-order valence-corrected chi connectivity index (χ4v) is 1.27. The largest absolute Gasteiger partial charge is 0.325 e. The van der Waals surface area contributed by atoms with Crippen molar-refractivity contribution in [1.82, 2.24) is 5.32 Å². The number of benzene rings is 1. The number of hydrogen-bond acceptors (Lipinski definition) is 2. The second-order valence-electron chi connectivity index (χ2n) is 3.88. The summed E-state index contributed by atoms with van der Waals surface area (Å²) in [6, 6.07) is 7.47. The van der Waals surface area contributed by atoms with E-state index in [0.717, 1.165) is 5.69 Å². The first kappa shape index (κ1) is 13.3. The van der Waals surface area contributed by atoms with Crippen molar-refractivity contribution in [2.24, 2.45) is 0 Å². The third kappa shape index (κ3) is 4.71. The minimum Gasteiger partial charge on any atom is -0.325 e. The van der Waals surface area contributed by atoms with Gasteiger partial charge in [-0.25, -0.2) is 0 Å². The van der Waals surface area contributed by atoms with Gasteiger partial charge in [0.2, 0.25) is 5.91 Å². The highest BCUT2D eigenvalue weighted by molar-refractivity contribution is 5.94. The summed E-state index contributed by atoms with van der Waals surface area (Å²) in [6.07, 6.45) is 0. The zero-order valence-corrected chi connectivity index (χ0v) is 10.5. The van der Waals surface area contributed by atoms with E-state index in [4.69, 9.17) is 0 Å². The Morgan fingerprint density at radius 2 is 2.00 bits per heavy atom. The summed E-state index contributed by atoms with van der Waals surface area (Å²) in [6.45, 7) is 6.14. The molecule has 17 heavy (non-hydrogen) atoms. The molecular weight excluding hydrogens is 212 g/mol. The Balaban J connectivity index is 2.47. The zero-order chi connectivity index (χ0) is 12.7. The van der Waals surface area contributed by atoms with Crippen molar-refractivity contribution in [3.05, 3.63) is 29.8 Å². The molecule has 0 aromatic heterocycles. The van der Waals surface area contributed by atoms with E-state index in [1.54, 1.807) is 6.92 Å². The van der Waals surface area contributed by atoms with Crippen molar-refractivity contribution in [3.63, 3.8) is 0 Å². The Bertz CT molecular complexity index is 426. The highest BCUT2D eigenvalue weighted by atomic mass is 16.2. The van der Waals surface area contributed by atoms with E-state index < -0.39 is 0 Å². The summed E-state index contributed by atoms with van der Waals surface area (Å²) >= 11 is 0. The van der Waals surface area contributed by atoms with Crippen LogP contribution in [0.2, 0.25) is 0 Å². The van der Waals surface area contributed by atoms with Crippen LogP contribution in [0.3, 0.4) is 0 Å². The first-order chi connectivity index (χ1) is 8.13. The normalized spacial score (nSPS) is 11.2. The van der Waals surface area contributed by atoms with Gasteiger partial charge in [0.05, 0.1) is 12.6 Å². The SMILES string of the molecule is CC#CCNC(C)C(=O)Nc1ccc(C)cc1. The molecule has 1 atom stereocenters. The van der Waals surface area contributed by atoms with Gasteiger partial charge in [-0.1, -0.05) is 23.6 Å². The molecule has 0 spiro atoms. The average molecular weight is 230 g/mol. The quantitative estimate of drug-likeness (QED) is 0.776. The maximum Gasteiger partial charge on any atom is 0.241 e. The maximum absolute atomic E-state index is 11.8. The van der Waals surface area contributed by atoms with Crippen LogP contribution in [0.15, 0.2) is 24.3 Å². The highest BCUT2D eigenvalue weighted by Gasteiger charge is 2.11. The predicted molar refractivity (Wildman–Crippen MR) is 70.7 cm³/mol. The molecule has 0 aliphatic carbocycles. The summed E-state index contributed by atoms with van der Waals surface area (Å²) in [5.74, 6) is 5.59. The second-order valence-corrected chi connectivity index (χ2v) is 3.88. The summed E-state index contributed by atoms with van der Waals surface area (Å²) in [5, 5.41) is 5.88. The van der Waals surface area contributed by atoms with E-state index in [9.17, 15) is 4.79 Å². The van der Waals surface area contributed by atoms with Gasteiger partial charge >= 0.3 is 0 Å². The van der Waals surface area contributed by atoms with E-state index in [2.05, 4.69) is 22.5 Å². The molecule has 0 heterocycles. The lowest BCUT2D eigenvalue weighted by Gasteiger charge is -2.12. The van der Waals surface area contributed by atoms with Crippen LogP contribution in [0, 0.1) is 18.8 Å². The molecule has 0 saturated carbocycles. The Hall–Kier alpha value is -1.79. The van der Waals surface area contributed by atoms with Crippen LogP contribution in [-0.4, -0.2) is 18.5 Å². The van der Waals surface area contributed by atoms with Gasteiger partial charge in [0.25, 0.3) is 0 Å². The monoisotopic (exact) mass is 230 g/mol. The maximum atomic E-state index is 11.8. The molecule has 1 amide bonds. The molecule has 0 bridgehead atoms. The summed E-state index contributed by atoms with van der Waals surface area (Å²) in [4.78, 5) is 11.8. The number of aryl methyl sites for hydroxylation is 1. The van der Waals surface area contributed by atoms with Gasteiger partial charge in [0, 0.05) is 5.69 Å². The second kappa shape index (κ2) is 6.72. The summed E-state index contributed by atoms with van der Waals surface area (Å²) in [5.41, 5.74) is 1.99. The van der Waals surface area contributed by atoms with E-state index >= 15 is 0 Å². The fraction of sp³-hybridized carbons (Fsp3) is 0.357. The summed E-state index contributed by atoms with van der Waals surface area (Å²) < 4.78 is 0. The third-order valence-electron chi connectivity index (χ3n) is 2.39. The van der Waals surface area contributed by atoms with Gasteiger partial charge in [-0.2, -0.15) is 0 Å². The number of hydrogen-bond donors (Lipinski definition) is 2. The lowest BCUT2D eigenvalue weighted by molar-refractivity contribution is -0.117. The van der Waals surface area contributed by atoms with Gasteiger partial charge in [-0.3, -0.25) is 10.1 Å². The van der Waals surface area contributed by atoms with E-state index in [-0.39, 0.29) is 11.9 Å². The van der Waals surface area contributed by atoms with Crippen LogP contribution in [-0.2, 0) is 4.79 Å². The minimum absolute atomic E-state index is 0.0493. The van der Waals surface area contributed by atoms with Crippen LogP contribution < -0.4 is 10.6 Å². The van der Waals surface area contributed by atoms with Gasteiger partial charge < -0.3 is 5.32 Å². The molecule has 0 radical (unpaired) electrons. The van der Waals surface area contributed by atoms with Crippen LogP contribution in [0.5, 0.6) is 0 Å². The Labute approximate surface area is 103 Å². The van der Waals surface area contributed by atoms with Crippen LogP contribution in [0.1, 0.15) is 19.4 Å². The van der Waals surface area contributed by atoms with Crippen LogP contribution in [0.4, 0.5) is 5.69 Å². The Kier molecular flexibility index (Phi) is 5.25. The molecule has 1 aromatic carbocycles. The molecule has 2 N–H and O–H groups in total. The number of amides is 1. The van der Waals surface area contributed by atoms with E-state index in [0.29, 0.717) is 6.54 Å². The van der Waals surface area contributed by atoms with Crippen molar-refractivity contribution >= 4 is 11.6 Å². The molecule has 0 fully saturated rings. The highest BCUT2D eigenvalue weighted by Crippen LogP contribution is 2.08. The fourth-order valence-electron chi connectivity index (χ4n) is 1.27. The number of anilines is 1. The van der Waals surface area contributed by atoms with Gasteiger partial charge in [-0.15, -0.1) is 5.92 Å².